The maximum atomic E-state index is 13.7. The van der Waals surface area contributed by atoms with E-state index in [1.54, 1.807) is 30.3 Å². The monoisotopic (exact) mass is 557 g/mol. The first-order chi connectivity index (χ1) is 16.7. The average molecular weight is 558 g/mol. The van der Waals surface area contributed by atoms with Crippen LogP contribution in [0.25, 0.3) is 0 Å². The van der Waals surface area contributed by atoms with E-state index < -0.39 is 28.5 Å². The number of carbonyl (C=O) groups is 2. The highest BCUT2D eigenvalue weighted by Crippen LogP contribution is 2.21. The van der Waals surface area contributed by atoms with Crippen LogP contribution in [-0.2, 0) is 32.6 Å². The van der Waals surface area contributed by atoms with Crippen molar-refractivity contribution in [3.05, 3.63) is 101 Å². The second-order valence-electron chi connectivity index (χ2n) is 8.08. The predicted molar refractivity (Wildman–Crippen MR) is 141 cm³/mol. The third-order valence-corrected chi connectivity index (χ3v) is 7.12. The first kappa shape index (κ1) is 26.4. The molecule has 1 N–H and O–H groups in total. The predicted octanol–water partition coefficient (Wildman–Crippen LogP) is 3.60. The Morgan fingerprint density at radius 3 is 2.09 bits per heavy atom. The molecule has 0 fully saturated rings. The fourth-order valence-corrected chi connectivity index (χ4v) is 5.06. The molecule has 3 aromatic carbocycles. The Labute approximate surface area is 214 Å². The second kappa shape index (κ2) is 12.0. The molecule has 0 aliphatic rings. The highest BCUT2D eigenvalue weighted by atomic mass is 79.9. The normalized spacial score (nSPS) is 12.0. The van der Waals surface area contributed by atoms with Crippen molar-refractivity contribution in [3.8, 4) is 0 Å². The largest absolute Gasteiger partial charge is 0.357 e. The van der Waals surface area contributed by atoms with Gasteiger partial charge in [0.2, 0.25) is 21.8 Å². The number of anilines is 1. The summed E-state index contributed by atoms with van der Waals surface area (Å²) in [7, 11) is -2.24. The molecular weight excluding hydrogens is 530 g/mol. The van der Waals surface area contributed by atoms with Gasteiger partial charge in [-0.15, -0.1) is 0 Å². The van der Waals surface area contributed by atoms with Crippen LogP contribution in [0.2, 0.25) is 0 Å². The highest BCUT2D eigenvalue weighted by molar-refractivity contribution is 9.10. The number of benzene rings is 3. The molecule has 0 aliphatic carbocycles. The van der Waals surface area contributed by atoms with Crippen LogP contribution in [0, 0.1) is 0 Å². The lowest BCUT2D eigenvalue weighted by molar-refractivity contribution is -0.139. The van der Waals surface area contributed by atoms with E-state index in [1.807, 2.05) is 54.6 Å². The van der Waals surface area contributed by atoms with Gasteiger partial charge in [0.25, 0.3) is 0 Å². The summed E-state index contributed by atoms with van der Waals surface area (Å²) in [6.45, 7) is -0.297. The molecule has 184 valence electrons. The van der Waals surface area contributed by atoms with Crippen molar-refractivity contribution in [2.24, 2.45) is 0 Å². The summed E-state index contributed by atoms with van der Waals surface area (Å²) in [5.41, 5.74) is 2.07. The van der Waals surface area contributed by atoms with Gasteiger partial charge in [-0.25, -0.2) is 8.42 Å². The summed E-state index contributed by atoms with van der Waals surface area (Å²) in [6, 6.07) is 24.5. The Morgan fingerprint density at radius 2 is 1.51 bits per heavy atom. The first-order valence-corrected chi connectivity index (χ1v) is 13.7. The zero-order chi connectivity index (χ0) is 25.4. The van der Waals surface area contributed by atoms with E-state index >= 15 is 0 Å². The molecular formula is C26H28BrN3O4S. The van der Waals surface area contributed by atoms with E-state index in [-0.39, 0.29) is 18.9 Å². The van der Waals surface area contributed by atoms with Crippen LogP contribution in [0.15, 0.2) is 89.4 Å². The number of amides is 2. The molecule has 0 saturated carbocycles. The first-order valence-electron chi connectivity index (χ1n) is 11.0. The van der Waals surface area contributed by atoms with Crippen molar-refractivity contribution in [2.75, 3.05) is 24.2 Å². The lowest BCUT2D eigenvalue weighted by atomic mass is 10.0. The molecule has 0 spiro atoms. The molecule has 0 radical (unpaired) electrons. The molecule has 3 aromatic rings. The lowest BCUT2D eigenvalue weighted by Gasteiger charge is -2.33. The highest BCUT2D eigenvalue weighted by Gasteiger charge is 2.32. The minimum atomic E-state index is -3.76. The van der Waals surface area contributed by atoms with E-state index in [1.165, 1.54) is 11.9 Å². The number of para-hydroxylation sites is 1. The van der Waals surface area contributed by atoms with Crippen molar-refractivity contribution in [1.29, 1.82) is 0 Å². The molecule has 0 saturated heterocycles. The van der Waals surface area contributed by atoms with Crippen LogP contribution in [0.5, 0.6) is 0 Å². The Kier molecular flexibility index (Phi) is 9.06. The third-order valence-electron chi connectivity index (χ3n) is 5.48. The lowest BCUT2D eigenvalue weighted by Crippen LogP contribution is -2.52. The SMILES string of the molecule is CNC(=O)C(Cc1ccccc1)N(Cc1cccc(Br)c1)C(=O)CN(c1ccccc1)S(C)(=O)=O. The minimum Gasteiger partial charge on any atom is -0.357 e. The van der Waals surface area contributed by atoms with Gasteiger partial charge in [-0.1, -0.05) is 76.6 Å². The fraction of sp³-hybridized carbons (Fsp3) is 0.231. The van der Waals surface area contributed by atoms with Crippen molar-refractivity contribution in [2.45, 2.75) is 19.0 Å². The molecule has 35 heavy (non-hydrogen) atoms. The molecule has 3 rings (SSSR count). The summed E-state index contributed by atoms with van der Waals surface area (Å²) in [5.74, 6) is -0.813. The van der Waals surface area contributed by atoms with Gasteiger partial charge in [-0.2, -0.15) is 0 Å². The van der Waals surface area contributed by atoms with Gasteiger partial charge in [-0.05, 0) is 35.4 Å². The molecule has 9 heteroatoms. The number of likely N-dealkylation sites (N-methyl/N-ethyl adjacent to an activating group) is 1. The van der Waals surface area contributed by atoms with Crippen LogP contribution in [0.3, 0.4) is 0 Å². The Hall–Kier alpha value is -3.17. The smallest absolute Gasteiger partial charge is 0.244 e. The van der Waals surface area contributed by atoms with Gasteiger partial charge in [0, 0.05) is 24.5 Å². The summed E-state index contributed by atoms with van der Waals surface area (Å²) in [5, 5.41) is 2.66. The summed E-state index contributed by atoms with van der Waals surface area (Å²) < 4.78 is 27.1. The second-order valence-corrected chi connectivity index (χ2v) is 10.9. The van der Waals surface area contributed by atoms with Gasteiger partial charge in [-0.3, -0.25) is 13.9 Å². The molecule has 1 unspecified atom stereocenters. The van der Waals surface area contributed by atoms with Crippen molar-refractivity contribution >= 4 is 43.5 Å². The molecule has 0 aromatic heterocycles. The van der Waals surface area contributed by atoms with Gasteiger partial charge in [0.05, 0.1) is 11.9 Å². The maximum Gasteiger partial charge on any atom is 0.244 e. The van der Waals surface area contributed by atoms with Crippen molar-refractivity contribution in [1.82, 2.24) is 10.2 Å². The number of hydrogen-bond acceptors (Lipinski definition) is 4. The van der Waals surface area contributed by atoms with Gasteiger partial charge in [0.15, 0.2) is 0 Å². The Morgan fingerprint density at radius 1 is 0.914 bits per heavy atom. The van der Waals surface area contributed by atoms with Crippen LogP contribution >= 0.6 is 15.9 Å². The maximum absolute atomic E-state index is 13.7. The molecule has 0 bridgehead atoms. The minimum absolute atomic E-state index is 0.135. The quantitative estimate of drug-likeness (QED) is 0.412. The number of rotatable bonds is 10. The molecule has 7 nitrogen and oxygen atoms in total. The van der Waals surface area contributed by atoms with E-state index in [0.29, 0.717) is 5.69 Å². The van der Waals surface area contributed by atoms with Gasteiger partial charge in [0.1, 0.15) is 12.6 Å². The van der Waals surface area contributed by atoms with Crippen molar-refractivity contribution < 1.29 is 18.0 Å². The third kappa shape index (κ3) is 7.40. The number of nitrogens with zero attached hydrogens (tertiary/aromatic N) is 2. The van der Waals surface area contributed by atoms with Crippen LogP contribution < -0.4 is 9.62 Å². The molecule has 0 heterocycles. The molecule has 2 amide bonds. The van der Waals surface area contributed by atoms with Crippen molar-refractivity contribution in [3.63, 3.8) is 0 Å². The number of hydrogen-bond donors (Lipinski definition) is 1. The standard InChI is InChI=1S/C26H28BrN3O4S/c1-28-26(32)24(17-20-10-5-3-6-11-20)29(18-21-12-9-13-22(27)16-21)25(31)19-30(35(2,33)34)23-14-7-4-8-15-23/h3-16,24H,17-19H2,1-2H3,(H,28,32). The zero-order valence-electron chi connectivity index (χ0n) is 19.6. The van der Waals surface area contributed by atoms with E-state index in [4.69, 9.17) is 0 Å². The number of sulfonamides is 1. The van der Waals surface area contributed by atoms with E-state index in [9.17, 15) is 18.0 Å². The summed E-state index contributed by atoms with van der Waals surface area (Å²) >= 11 is 3.45. The van der Waals surface area contributed by atoms with Crippen LogP contribution in [0.1, 0.15) is 11.1 Å². The Bertz CT molecular complexity index is 1250. The van der Waals surface area contributed by atoms with Crippen LogP contribution in [-0.4, -0.2) is 51.0 Å². The zero-order valence-corrected chi connectivity index (χ0v) is 22.0. The fourth-order valence-electron chi connectivity index (χ4n) is 3.76. The number of nitrogens with one attached hydrogen (secondary N) is 1. The summed E-state index contributed by atoms with van der Waals surface area (Å²) in [6.07, 6.45) is 1.34. The summed E-state index contributed by atoms with van der Waals surface area (Å²) in [4.78, 5) is 28.2. The molecule has 0 aliphatic heterocycles. The van der Waals surface area contributed by atoms with Gasteiger partial charge < -0.3 is 10.2 Å². The Balaban J connectivity index is 2.01. The van der Waals surface area contributed by atoms with Gasteiger partial charge >= 0.3 is 0 Å². The topological polar surface area (TPSA) is 86.8 Å². The number of halogens is 1. The van der Waals surface area contributed by atoms with E-state index in [0.717, 1.165) is 26.2 Å². The molecule has 1 atom stereocenters. The van der Waals surface area contributed by atoms with E-state index in [2.05, 4.69) is 21.2 Å². The average Bonchev–Trinajstić information content (AvgIpc) is 2.84. The van der Waals surface area contributed by atoms with Crippen LogP contribution in [0.4, 0.5) is 5.69 Å². The number of carbonyl (C=O) groups excluding carboxylic acids is 2.